The molecule has 23 heavy (non-hydrogen) atoms. The Morgan fingerprint density at radius 2 is 2.22 bits per heavy atom. The van der Waals surface area contributed by atoms with Gasteiger partial charge in [0, 0.05) is 12.6 Å². The van der Waals surface area contributed by atoms with Crippen molar-refractivity contribution in [3.05, 3.63) is 37.2 Å². The number of nitrogens with zero attached hydrogens (tertiary/aromatic N) is 4. The summed E-state index contributed by atoms with van der Waals surface area (Å²) in [5, 5.41) is 17.6. The summed E-state index contributed by atoms with van der Waals surface area (Å²) in [4.78, 5) is 19.5. The number of phenols is 1. The monoisotopic (exact) mass is 310 g/mol. The van der Waals surface area contributed by atoms with E-state index in [9.17, 15) is 9.90 Å². The van der Waals surface area contributed by atoms with Gasteiger partial charge in [-0.2, -0.15) is 5.10 Å². The zero-order chi connectivity index (χ0) is 16.6. The fourth-order valence-electron chi connectivity index (χ4n) is 2.28. The molecular weight excluding hydrogens is 296 g/mol. The number of phenolic OH excluding ortho intramolecular Hbond substituents is 1. The first kappa shape index (κ1) is 14.5. The van der Waals surface area contributed by atoms with E-state index in [0.717, 1.165) is 6.08 Å². The number of hydrogen-bond donors (Lipinski definition) is 3. The van der Waals surface area contributed by atoms with Crippen LogP contribution < -0.4 is 11.1 Å². The highest BCUT2D eigenvalue weighted by molar-refractivity contribution is 6.01. The Kier molecular flexibility index (Phi) is 3.41. The van der Waals surface area contributed by atoms with Gasteiger partial charge in [-0.15, -0.1) is 0 Å². The maximum absolute atomic E-state index is 11.3. The number of rotatable bonds is 3. The molecule has 4 N–H and O–H groups in total. The molecule has 0 radical (unpaired) electrons. The van der Waals surface area contributed by atoms with Crippen LogP contribution in [-0.2, 0) is 11.8 Å². The minimum atomic E-state index is -0.408. The van der Waals surface area contributed by atoms with Crippen LogP contribution in [0.5, 0.6) is 5.75 Å². The van der Waals surface area contributed by atoms with Crippen LogP contribution in [0.2, 0.25) is 0 Å². The van der Waals surface area contributed by atoms with Crippen LogP contribution in [0, 0.1) is 0 Å². The highest BCUT2D eigenvalue weighted by Gasteiger charge is 2.16. The Morgan fingerprint density at radius 3 is 2.91 bits per heavy atom. The van der Waals surface area contributed by atoms with E-state index in [2.05, 4.69) is 27.0 Å². The zero-order valence-corrected chi connectivity index (χ0v) is 12.3. The number of fused-ring (bicyclic) bond motifs is 1. The van der Waals surface area contributed by atoms with Crippen LogP contribution in [-0.4, -0.2) is 30.8 Å². The number of aromatic nitrogens is 4. The van der Waals surface area contributed by atoms with Crippen LogP contribution in [0.4, 0.5) is 11.5 Å². The maximum Gasteiger partial charge on any atom is 0.247 e. The lowest BCUT2D eigenvalue weighted by molar-refractivity contribution is -0.111. The molecule has 0 unspecified atom stereocenters. The Labute approximate surface area is 131 Å². The van der Waals surface area contributed by atoms with E-state index in [1.54, 1.807) is 23.9 Å². The van der Waals surface area contributed by atoms with Crippen molar-refractivity contribution in [1.82, 2.24) is 19.7 Å². The van der Waals surface area contributed by atoms with Crippen LogP contribution in [0.25, 0.3) is 22.3 Å². The molecule has 3 rings (SSSR count). The van der Waals surface area contributed by atoms with E-state index in [0.29, 0.717) is 28.1 Å². The number of nitrogens with one attached hydrogen (secondary N) is 1. The van der Waals surface area contributed by atoms with E-state index in [4.69, 9.17) is 5.73 Å². The van der Waals surface area contributed by atoms with E-state index < -0.39 is 5.91 Å². The molecule has 8 heteroatoms. The second-order valence-corrected chi connectivity index (χ2v) is 4.86. The van der Waals surface area contributed by atoms with Crippen molar-refractivity contribution in [2.75, 3.05) is 11.1 Å². The average Bonchev–Trinajstić information content (AvgIpc) is 2.88. The van der Waals surface area contributed by atoms with Gasteiger partial charge in [-0.1, -0.05) is 12.6 Å². The summed E-state index contributed by atoms with van der Waals surface area (Å²) in [6.07, 6.45) is 2.49. The molecular formula is C15H14N6O2. The lowest BCUT2D eigenvalue weighted by atomic mass is 10.1. The molecule has 1 amide bonds. The summed E-state index contributed by atoms with van der Waals surface area (Å²) in [5.74, 6) is -0.192. The second-order valence-electron chi connectivity index (χ2n) is 4.86. The summed E-state index contributed by atoms with van der Waals surface area (Å²) < 4.78 is 1.59. The summed E-state index contributed by atoms with van der Waals surface area (Å²) in [6, 6.07) is 4.78. The molecule has 2 heterocycles. The minimum absolute atomic E-state index is 0.0908. The van der Waals surface area contributed by atoms with Gasteiger partial charge < -0.3 is 16.2 Å². The third-order valence-corrected chi connectivity index (χ3v) is 3.36. The fraction of sp³-hybridized carbons (Fsp3) is 0.0667. The quantitative estimate of drug-likeness (QED) is 0.497. The number of anilines is 2. The summed E-state index contributed by atoms with van der Waals surface area (Å²) in [5.41, 5.74) is 7.98. The first-order valence-corrected chi connectivity index (χ1v) is 6.71. The normalized spacial score (nSPS) is 10.7. The lowest BCUT2D eigenvalue weighted by Crippen LogP contribution is -2.07. The Morgan fingerprint density at radius 1 is 1.43 bits per heavy atom. The van der Waals surface area contributed by atoms with Gasteiger partial charge in [-0.05, 0) is 18.2 Å². The SMILES string of the molecule is C=CC(=O)Nc1ccc(-c2nn(C)c3ncnc(N)c23)cc1O. The van der Waals surface area contributed by atoms with Gasteiger partial charge in [-0.3, -0.25) is 4.79 Å². The van der Waals surface area contributed by atoms with Gasteiger partial charge in [0.25, 0.3) is 0 Å². The molecule has 0 atom stereocenters. The summed E-state index contributed by atoms with van der Waals surface area (Å²) in [6.45, 7) is 3.36. The van der Waals surface area contributed by atoms with Crippen molar-refractivity contribution in [1.29, 1.82) is 0 Å². The van der Waals surface area contributed by atoms with Gasteiger partial charge >= 0.3 is 0 Å². The molecule has 0 fully saturated rings. The first-order chi connectivity index (χ1) is 11.0. The third kappa shape index (κ3) is 2.46. The number of nitrogens with two attached hydrogens (primary N) is 1. The highest BCUT2D eigenvalue weighted by atomic mass is 16.3. The van der Waals surface area contributed by atoms with Gasteiger partial charge in [-0.25, -0.2) is 14.6 Å². The number of aromatic hydroxyl groups is 1. The highest BCUT2D eigenvalue weighted by Crippen LogP contribution is 2.34. The third-order valence-electron chi connectivity index (χ3n) is 3.36. The molecule has 0 aliphatic carbocycles. The van der Waals surface area contributed by atoms with E-state index >= 15 is 0 Å². The summed E-state index contributed by atoms with van der Waals surface area (Å²) >= 11 is 0. The molecule has 2 aromatic heterocycles. The molecule has 0 aliphatic rings. The smallest absolute Gasteiger partial charge is 0.247 e. The lowest BCUT2D eigenvalue weighted by Gasteiger charge is -2.07. The standard InChI is InChI=1S/C15H14N6O2/c1-3-11(23)19-9-5-4-8(6-10(9)22)13-12-14(16)17-7-18-15(12)21(2)20-13/h3-7,22H,1H2,2H3,(H,19,23)(H2,16,17,18). The van der Waals surface area contributed by atoms with E-state index in [1.165, 1.54) is 12.4 Å². The number of carbonyl (C=O) groups is 1. The topological polar surface area (TPSA) is 119 Å². The van der Waals surface area contributed by atoms with Crippen molar-refractivity contribution in [3.63, 3.8) is 0 Å². The Balaban J connectivity index is 2.11. The predicted octanol–water partition coefficient (Wildman–Crippen LogP) is 1.44. The van der Waals surface area contributed by atoms with Crippen LogP contribution in [0.3, 0.4) is 0 Å². The first-order valence-electron chi connectivity index (χ1n) is 6.71. The van der Waals surface area contributed by atoms with E-state index in [-0.39, 0.29) is 11.4 Å². The molecule has 0 bridgehead atoms. The Hall–Kier alpha value is -3.42. The molecule has 0 saturated carbocycles. The molecule has 0 aliphatic heterocycles. The molecule has 116 valence electrons. The number of aryl methyl sites for hydroxylation is 1. The number of hydrogen-bond acceptors (Lipinski definition) is 6. The molecule has 1 aromatic carbocycles. The number of amides is 1. The van der Waals surface area contributed by atoms with Crippen LogP contribution >= 0.6 is 0 Å². The molecule has 0 saturated heterocycles. The van der Waals surface area contributed by atoms with Gasteiger partial charge in [0.15, 0.2) is 5.65 Å². The largest absolute Gasteiger partial charge is 0.506 e. The van der Waals surface area contributed by atoms with Crippen molar-refractivity contribution in [2.45, 2.75) is 0 Å². The van der Waals surface area contributed by atoms with Crippen LogP contribution in [0.15, 0.2) is 37.2 Å². The average molecular weight is 310 g/mol. The van der Waals surface area contributed by atoms with Crippen molar-refractivity contribution in [3.8, 4) is 17.0 Å². The van der Waals surface area contributed by atoms with Gasteiger partial charge in [0.05, 0.1) is 11.1 Å². The van der Waals surface area contributed by atoms with Crippen molar-refractivity contribution < 1.29 is 9.90 Å². The Bertz CT molecular complexity index is 931. The zero-order valence-electron chi connectivity index (χ0n) is 12.3. The maximum atomic E-state index is 11.3. The molecule has 0 spiro atoms. The van der Waals surface area contributed by atoms with Crippen molar-refractivity contribution in [2.24, 2.45) is 7.05 Å². The van der Waals surface area contributed by atoms with Gasteiger partial charge in [0.1, 0.15) is 23.6 Å². The van der Waals surface area contributed by atoms with Crippen molar-refractivity contribution >= 4 is 28.4 Å². The molecule has 8 nitrogen and oxygen atoms in total. The summed E-state index contributed by atoms with van der Waals surface area (Å²) in [7, 11) is 1.75. The van der Waals surface area contributed by atoms with E-state index in [1.807, 2.05) is 0 Å². The fourth-order valence-corrected chi connectivity index (χ4v) is 2.28. The van der Waals surface area contributed by atoms with Crippen LogP contribution in [0.1, 0.15) is 0 Å². The number of benzene rings is 1. The predicted molar refractivity (Wildman–Crippen MR) is 86.6 cm³/mol. The van der Waals surface area contributed by atoms with Gasteiger partial charge in [0.2, 0.25) is 5.91 Å². The number of nitrogen functional groups attached to an aromatic ring is 1. The minimum Gasteiger partial charge on any atom is -0.506 e. The molecule has 3 aromatic rings. The second kappa shape index (κ2) is 5.41. The number of carbonyl (C=O) groups excluding carboxylic acids is 1.